The lowest BCUT2D eigenvalue weighted by Crippen LogP contribution is -2.57. The van der Waals surface area contributed by atoms with Crippen molar-refractivity contribution >= 4 is 5.91 Å². The topological polar surface area (TPSA) is 51.7 Å². The summed E-state index contributed by atoms with van der Waals surface area (Å²) in [5, 5.41) is 0. The number of pyridine rings is 1. The second-order valence-electron chi connectivity index (χ2n) is 7.46. The summed E-state index contributed by atoms with van der Waals surface area (Å²) in [6.45, 7) is 2.16. The van der Waals surface area contributed by atoms with Gasteiger partial charge in [0.1, 0.15) is 5.75 Å². The lowest BCUT2D eigenvalue weighted by atomic mass is 9.75. The minimum Gasteiger partial charge on any atom is -0.491 e. The van der Waals surface area contributed by atoms with Crippen LogP contribution in [0.1, 0.15) is 25.7 Å². The van der Waals surface area contributed by atoms with Gasteiger partial charge in [0, 0.05) is 44.7 Å². The van der Waals surface area contributed by atoms with Gasteiger partial charge in [0.2, 0.25) is 11.8 Å². The molecule has 3 heterocycles. The molecular formula is C18H22F2N2O3. The van der Waals surface area contributed by atoms with Crippen LogP contribution in [0.15, 0.2) is 24.5 Å². The van der Waals surface area contributed by atoms with Crippen molar-refractivity contribution in [3.05, 3.63) is 24.5 Å². The first kappa shape index (κ1) is 16.7. The van der Waals surface area contributed by atoms with Crippen LogP contribution < -0.4 is 4.74 Å². The lowest BCUT2D eigenvalue weighted by molar-refractivity contribution is -0.165. The van der Waals surface area contributed by atoms with Gasteiger partial charge < -0.3 is 14.4 Å². The number of ether oxygens (including phenoxy) is 2. The van der Waals surface area contributed by atoms with Gasteiger partial charge in [0.25, 0.3) is 0 Å². The molecule has 2 saturated heterocycles. The van der Waals surface area contributed by atoms with Crippen molar-refractivity contribution in [1.82, 2.24) is 9.88 Å². The Hall–Kier alpha value is -1.76. The average molecular weight is 352 g/mol. The number of amides is 1. The molecule has 0 spiro atoms. The highest BCUT2D eigenvalue weighted by Crippen LogP contribution is 2.46. The molecule has 0 unspecified atom stereocenters. The van der Waals surface area contributed by atoms with E-state index < -0.39 is 11.8 Å². The van der Waals surface area contributed by atoms with Crippen LogP contribution in [0.2, 0.25) is 0 Å². The van der Waals surface area contributed by atoms with E-state index in [2.05, 4.69) is 4.98 Å². The van der Waals surface area contributed by atoms with E-state index in [1.165, 1.54) is 0 Å². The summed E-state index contributed by atoms with van der Waals surface area (Å²) >= 11 is 0. The first-order valence-corrected chi connectivity index (χ1v) is 8.79. The summed E-state index contributed by atoms with van der Waals surface area (Å²) < 4.78 is 38.0. The van der Waals surface area contributed by atoms with E-state index in [0.717, 1.165) is 12.8 Å². The standard InChI is InChI=1S/C18H22F2N2O3/c19-18(20)8-13(9-18)16(23)22-6-3-15-17(11-22,4-7-24-15)12-25-14-2-1-5-21-10-14/h1-2,5,10,13,15H,3-4,6-9,11-12H2/t15-,17+/m0/s1. The van der Waals surface area contributed by atoms with Gasteiger partial charge in [-0.25, -0.2) is 8.78 Å². The molecule has 25 heavy (non-hydrogen) atoms. The van der Waals surface area contributed by atoms with Crippen LogP contribution in [0.25, 0.3) is 0 Å². The van der Waals surface area contributed by atoms with E-state index in [9.17, 15) is 13.6 Å². The van der Waals surface area contributed by atoms with Gasteiger partial charge in [-0.1, -0.05) is 0 Å². The van der Waals surface area contributed by atoms with Gasteiger partial charge in [-0.3, -0.25) is 9.78 Å². The van der Waals surface area contributed by atoms with Crippen molar-refractivity contribution in [2.75, 3.05) is 26.3 Å². The smallest absolute Gasteiger partial charge is 0.249 e. The largest absolute Gasteiger partial charge is 0.491 e. The molecule has 1 aromatic rings. The Balaban J connectivity index is 1.43. The van der Waals surface area contributed by atoms with Gasteiger partial charge in [0.15, 0.2) is 0 Å². The first-order chi connectivity index (χ1) is 12.0. The average Bonchev–Trinajstić information content (AvgIpc) is 3.01. The maximum atomic E-state index is 13.1. The van der Waals surface area contributed by atoms with Gasteiger partial charge in [-0.05, 0) is 25.0 Å². The summed E-state index contributed by atoms with van der Waals surface area (Å²) in [5.41, 5.74) is -0.268. The maximum Gasteiger partial charge on any atom is 0.249 e. The molecule has 2 aliphatic heterocycles. The van der Waals surface area contributed by atoms with Crippen molar-refractivity contribution in [3.8, 4) is 5.75 Å². The zero-order chi connectivity index (χ0) is 17.5. The van der Waals surface area contributed by atoms with Crippen molar-refractivity contribution in [1.29, 1.82) is 0 Å². The third-order valence-electron chi connectivity index (χ3n) is 5.68. The Morgan fingerprint density at radius 1 is 1.44 bits per heavy atom. The molecule has 0 aromatic carbocycles. The maximum absolute atomic E-state index is 13.1. The Morgan fingerprint density at radius 2 is 2.28 bits per heavy atom. The number of likely N-dealkylation sites (tertiary alicyclic amines) is 1. The summed E-state index contributed by atoms with van der Waals surface area (Å²) in [4.78, 5) is 18.4. The molecule has 1 amide bonds. The number of rotatable bonds is 4. The van der Waals surface area contributed by atoms with Gasteiger partial charge in [-0.2, -0.15) is 0 Å². The van der Waals surface area contributed by atoms with Crippen LogP contribution in [0.4, 0.5) is 8.78 Å². The van der Waals surface area contributed by atoms with E-state index in [1.807, 2.05) is 12.1 Å². The summed E-state index contributed by atoms with van der Waals surface area (Å²) in [5.74, 6) is -2.66. The van der Waals surface area contributed by atoms with Gasteiger partial charge >= 0.3 is 0 Å². The van der Waals surface area contributed by atoms with Crippen molar-refractivity contribution < 1.29 is 23.0 Å². The molecule has 5 nitrogen and oxygen atoms in total. The van der Waals surface area contributed by atoms with E-state index in [0.29, 0.717) is 32.1 Å². The quantitative estimate of drug-likeness (QED) is 0.836. The minimum atomic E-state index is -2.67. The Labute approximate surface area is 145 Å². The number of carbonyl (C=O) groups is 1. The van der Waals surface area contributed by atoms with Crippen LogP contribution in [0.5, 0.6) is 5.75 Å². The third-order valence-corrected chi connectivity index (χ3v) is 5.68. The number of halogens is 2. The fourth-order valence-electron chi connectivity index (χ4n) is 4.20. The molecule has 0 N–H and O–H groups in total. The highest BCUT2D eigenvalue weighted by Gasteiger charge is 2.53. The van der Waals surface area contributed by atoms with Crippen LogP contribution in [0.3, 0.4) is 0 Å². The van der Waals surface area contributed by atoms with Crippen molar-refractivity contribution in [2.45, 2.75) is 37.7 Å². The summed E-state index contributed by atoms with van der Waals surface area (Å²) in [6, 6.07) is 3.65. The van der Waals surface area contributed by atoms with E-state index in [-0.39, 0.29) is 30.3 Å². The second-order valence-corrected chi connectivity index (χ2v) is 7.46. The van der Waals surface area contributed by atoms with Gasteiger partial charge in [0.05, 0.1) is 24.3 Å². The third kappa shape index (κ3) is 3.21. The predicted octanol–water partition coefficient (Wildman–Crippen LogP) is 2.51. The Morgan fingerprint density at radius 3 is 3.00 bits per heavy atom. The zero-order valence-corrected chi connectivity index (χ0v) is 14.0. The molecular weight excluding hydrogens is 330 g/mol. The highest BCUT2D eigenvalue weighted by atomic mass is 19.3. The number of hydrogen-bond acceptors (Lipinski definition) is 4. The molecule has 4 rings (SSSR count). The number of hydrogen-bond donors (Lipinski definition) is 0. The SMILES string of the molecule is O=C(C1CC(F)(F)C1)N1CC[C@@H]2OCC[C@]2(COc2cccnc2)C1. The van der Waals surface area contributed by atoms with Crippen LogP contribution in [-0.2, 0) is 9.53 Å². The molecule has 3 aliphatic rings. The summed E-state index contributed by atoms with van der Waals surface area (Å²) in [7, 11) is 0. The van der Waals surface area contributed by atoms with Crippen LogP contribution in [0, 0.1) is 11.3 Å². The number of aromatic nitrogens is 1. The number of nitrogens with zero attached hydrogens (tertiary/aromatic N) is 2. The summed E-state index contributed by atoms with van der Waals surface area (Å²) in [6.07, 6.45) is 4.29. The highest BCUT2D eigenvalue weighted by molar-refractivity contribution is 5.80. The van der Waals surface area contributed by atoms with Crippen molar-refractivity contribution in [2.24, 2.45) is 11.3 Å². The number of alkyl halides is 2. The fourth-order valence-corrected chi connectivity index (χ4v) is 4.20. The molecule has 2 atom stereocenters. The molecule has 0 radical (unpaired) electrons. The van der Waals surface area contributed by atoms with Gasteiger partial charge in [-0.15, -0.1) is 0 Å². The zero-order valence-electron chi connectivity index (χ0n) is 14.0. The number of piperidine rings is 1. The molecule has 7 heteroatoms. The fraction of sp³-hybridized carbons (Fsp3) is 0.667. The number of carbonyl (C=O) groups excluding carboxylic acids is 1. The molecule has 136 valence electrons. The molecule has 1 aromatic heterocycles. The Bertz CT molecular complexity index is 634. The number of fused-ring (bicyclic) bond motifs is 1. The minimum absolute atomic E-state index is 0.0519. The molecule has 0 bridgehead atoms. The van der Waals surface area contributed by atoms with Crippen LogP contribution >= 0.6 is 0 Å². The molecule has 1 aliphatic carbocycles. The second kappa shape index (κ2) is 6.20. The normalized spacial score (nSPS) is 31.3. The molecule has 3 fully saturated rings. The van der Waals surface area contributed by atoms with E-state index in [1.54, 1.807) is 17.3 Å². The monoisotopic (exact) mass is 352 g/mol. The Kier molecular flexibility index (Phi) is 4.14. The van der Waals surface area contributed by atoms with E-state index >= 15 is 0 Å². The predicted molar refractivity (Wildman–Crippen MR) is 85.4 cm³/mol. The van der Waals surface area contributed by atoms with E-state index in [4.69, 9.17) is 9.47 Å². The lowest BCUT2D eigenvalue weighted by Gasteiger charge is -2.46. The van der Waals surface area contributed by atoms with Crippen molar-refractivity contribution in [3.63, 3.8) is 0 Å². The first-order valence-electron chi connectivity index (χ1n) is 8.79. The van der Waals surface area contributed by atoms with Crippen LogP contribution in [-0.4, -0.2) is 54.1 Å². The molecule has 1 saturated carbocycles.